The molecule has 2 aromatic rings. The molecule has 0 aliphatic heterocycles. The summed E-state index contributed by atoms with van der Waals surface area (Å²) in [7, 11) is 0. The number of aryl methyl sites for hydroxylation is 1. The molecular formula is C14H18N2O2. The molecule has 0 fully saturated rings. The van der Waals surface area contributed by atoms with Gasteiger partial charge in [0.25, 0.3) is 0 Å². The first-order valence-corrected chi connectivity index (χ1v) is 6.05. The minimum atomic E-state index is -0.810. The van der Waals surface area contributed by atoms with Gasteiger partial charge < -0.3 is 15.8 Å². The quantitative estimate of drug-likeness (QED) is 0.775. The molecule has 18 heavy (non-hydrogen) atoms. The molecule has 2 rings (SSSR count). The van der Waals surface area contributed by atoms with Gasteiger partial charge in [0, 0.05) is 29.1 Å². The number of carboxylic acids is 1. The van der Waals surface area contributed by atoms with Gasteiger partial charge in [-0.1, -0.05) is 25.1 Å². The second kappa shape index (κ2) is 4.82. The molecule has 1 aromatic carbocycles. The fourth-order valence-electron chi connectivity index (χ4n) is 2.41. The van der Waals surface area contributed by atoms with Crippen molar-refractivity contribution in [2.75, 3.05) is 0 Å². The highest BCUT2D eigenvalue weighted by Crippen LogP contribution is 2.31. The zero-order valence-electron chi connectivity index (χ0n) is 10.6. The van der Waals surface area contributed by atoms with E-state index in [0.29, 0.717) is 0 Å². The maximum Gasteiger partial charge on any atom is 0.303 e. The average molecular weight is 246 g/mol. The van der Waals surface area contributed by atoms with Crippen LogP contribution in [-0.2, 0) is 4.79 Å². The third kappa shape index (κ3) is 2.24. The molecule has 0 aliphatic rings. The molecule has 4 N–H and O–H groups in total. The van der Waals surface area contributed by atoms with Crippen molar-refractivity contribution < 1.29 is 9.90 Å². The first kappa shape index (κ1) is 12.6. The van der Waals surface area contributed by atoms with E-state index in [1.165, 1.54) is 0 Å². The molecule has 2 atom stereocenters. The summed E-state index contributed by atoms with van der Waals surface area (Å²) in [5.41, 5.74) is 9.30. The molecule has 0 bridgehead atoms. The van der Waals surface area contributed by atoms with Crippen LogP contribution in [0.25, 0.3) is 10.9 Å². The van der Waals surface area contributed by atoms with Crippen molar-refractivity contribution in [3.05, 3.63) is 35.5 Å². The molecule has 0 saturated heterocycles. The summed E-state index contributed by atoms with van der Waals surface area (Å²) >= 11 is 0. The third-order valence-corrected chi connectivity index (χ3v) is 3.39. The van der Waals surface area contributed by atoms with Gasteiger partial charge in [0.1, 0.15) is 0 Å². The summed E-state index contributed by atoms with van der Waals surface area (Å²) in [4.78, 5) is 14.1. The SMILES string of the molecule is Cc1[nH]c2ccccc2c1C(N)C(C)CC(=O)O. The first-order valence-electron chi connectivity index (χ1n) is 6.05. The average Bonchev–Trinajstić information content (AvgIpc) is 2.63. The molecule has 2 unspecified atom stereocenters. The van der Waals surface area contributed by atoms with E-state index in [4.69, 9.17) is 10.8 Å². The second-order valence-electron chi connectivity index (χ2n) is 4.81. The number of aromatic nitrogens is 1. The Bertz CT molecular complexity index is 574. The number of H-pyrrole nitrogens is 1. The smallest absolute Gasteiger partial charge is 0.303 e. The van der Waals surface area contributed by atoms with Crippen LogP contribution in [-0.4, -0.2) is 16.1 Å². The Morgan fingerprint density at radius 2 is 2.11 bits per heavy atom. The number of carbonyl (C=O) groups is 1. The van der Waals surface area contributed by atoms with Crippen molar-refractivity contribution in [3.8, 4) is 0 Å². The van der Waals surface area contributed by atoms with Gasteiger partial charge in [-0.2, -0.15) is 0 Å². The Balaban J connectivity index is 2.40. The summed E-state index contributed by atoms with van der Waals surface area (Å²) in [6.45, 7) is 3.85. The lowest BCUT2D eigenvalue weighted by molar-refractivity contribution is -0.138. The number of para-hydroxylation sites is 1. The highest BCUT2D eigenvalue weighted by molar-refractivity contribution is 5.85. The van der Waals surface area contributed by atoms with Crippen molar-refractivity contribution >= 4 is 16.9 Å². The number of aliphatic carboxylic acids is 1. The van der Waals surface area contributed by atoms with E-state index in [0.717, 1.165) is 22.2 Å². The van der Waals surface area contributed by atoms with Crippen LogP contribution in [0.1, 0.15) is 30.6 Å². The van der Waals surface area contributed by atoms with E-state index in [1.54, 1.807) is 0 Å². The maximum atomic E-state index is 10.8. The first-order chi connectivity index (χ1) is 8.50. The Labute approximate surface area is 106 Å². The molecule has 0 spiro atoms. The molecule has 96 valence electrons. The standard InChI is InChI=1S/C14H18N2O2/c1-8(7-12(17)18)14(15)13-9(2)16-11-6-4-3-5-10(11)13/h3-6,8,14,16H,7,15H2,1-2H3,(H,17,18). The number of nitrogens with one attached hydrogen (secondary N) is 1. The van der Waals surface area contributed by atoms with Gasteiger partial charge in [0.05, 0.1) is 0 Å². The van der Waals surface area contributed by atoms with Crippen molar-refractivity contribution in [1.82, 2.24) is 4.98 Å². The van der Waals surface area contributed by atoms with Gasteiger partial charge in [-0.15, -0.1) is 0 Å². The van der Waals surface area contributed by atoms with Gasteiger partial charge in [0.2, 0.25) is 0 Å². The Hall–Kier alpha value is -1.81. The zero-order chi connectivity index (χ0) is 13.3. The van der Waals surface area contributed by atoms with Crippen molar-refractivity contribution in [2.45, 2.75) is 26.3 Å². The number of hydrogen-bond donors (Lipinski definition) is 3. The van der Waals surface area contributed by atoms with Gasteiger partial charge in [0.15, 0.2) is 0 Å². The monoisotopic (exact) mass is 246 g/mol. The van der Waals surface area contributed by atoms with Crippen LogP contribution in [0.2, 0.25) is 0 Å². The zero-order valence-corrected chi connectivity index (χ0v) is 10.6. The van der Waals surface area contributed by atoms with Crippen LogP contribution in [0.15, 0.2) is 24.3 Å². The van der Waals surface area contributed by atoms with Crippen molar-refractivity contribution in [3.63, 3.8) is 0 Å². The van der Waals surface area contributed by atoms with Gasteiger partial charge in [-0.25, -0.2) is 0 Å². The number of fused-ring (bicyclic) bond motifs is 1. The lowest BCUT2D eigenvalue weighted by atomic mass is 9.91. The molecule has 1 heterocycles. The van der Waals surface area contributed by atoms with Gasteiger partial charge in [-0.05, 0) is 24.5 Å². The third-order valence-electron chi connectivity index (χ3n) is 3.39. The Morgan fingerprint density at radius 3 is 2.78 bits per heavy atom. The molecule has 0 amide bonds. The lowest BCUT2D eigenvalue weighted by Gasteiger charge is -2.19. The predicted octanol–water partition coefficient (Wildman–Crippen LogP) is 2.59. The molecule has 0 saturated carbocycles. The number of rotatable bonds is 4. The number of benzene rings is 1. The van der Waals surface area contributed by atoms with E-state index in [-0.39, 0.29) is 18.4 Å². The maximum absolute atomic E-state index is 10.8. The van der Waals surface area contributed by atoms with E-state index in [2.05, 4.69) is 4.98 Å². The summed E-state index contributed by atoms with van der Waals surface area (Å²) < 4.78 is 0. The van der Waals surface area contributed by atoms with E-state index >= 15 is 0 Å². The van der Waals surface area contributed by atoms with Crippen LogP contribution < -0.4 is 5.73 Å². The topological polar surface area (TPSA) is 79.1 Å². The second-order valence-corrected chi connectivity index (χ2v) is 4.81. The fourth-order valence-corrected chi connectivity index (χ4v) is 2.41. The van der Waals surface area contributed by atoms with Crippen LogP contribution in [0.4, 0.5) is 0 Å². The normalized spacial score (nSPS) is 14.6. The van der Waals surface area contributed by atoms with Crippen LogP contribution in [0, 0.1) is 12.8 Å². The van der Waals surface area contributed by atoms with Crippen LogP contribution in [0.5, 0.6) is 0 Å². The Kier molecular flexibility index (Phi) is 3.39. The minimum absolute atomic E-state index is 0.0834. The number of carboxylic acid groups (broad SMARTS) is 1. The molecular weight excluding hydrogens is 228 g/mol. The summed E-state index contributed by atoms with van der Waals surface area (Å²) in [5, 5.41) is 9.93. The van der Waals surface area contributed by atoms with Gasteiger partial charge >= 0.3 is 5.97 Å². The lowest BCUT2D eigenvalue weighted by Crippen LogP contribution is -2.22. The highest BCUT2D eigenvalue weighted by atomic mass is 16.4. The summed E-state index contributed by atoms with van der Waals surface area (Å²) in [5.74, 6) is -0.907. The molecule has 4 nitrogen and oxygen atoms in total. The van der Waals surface area contributed by atoms with Crippen molar-refractivity contribution in [2.24, 2.45) is 11.7 Å². The van der Waals surface area contributed by atoms with E-state index in [1.807, 2.05) is 38.1 Å². The fraction of sp³-hybridized carbons (Fsp3) is 0.357. The molecule has 1 aromatic heterocycles. The minimum Gasteiger partial charge on any atom is -0.481 e. The van der Waals surface area contributed by atoms with E-state index in [9.17, 15) is 4.79 Å². The van der Waals surface area contributed by atoms with Crippen LogP contribution >= 0.6 is 0 Å². The Morgan fingerprint density at radius 1 is 1.44 bits per heavy atom. The summed E-state index contributed by atoms with van der Waals surface area (Å²) in [6.07, 6.45) is 0.0834. The number of hydrogen-bond acceptors (Lipinski definition) is 2. The number of aromatic amines is 1. The largest absolute Gasteiger partial charge is 0.481 e. The summed E-state index contributed by atoms with van der Waals surface area (Å²) in [6, 6.07) is 7.68. The van der Waals surface area contributed by atoms with E-state index < -0.39 is 5.97 Å². The van der Waals surface area contributed by atoms with Crippen molar-refractivity contribution in [1.29, 1.82) is 0 Å². The van der Waals surface area contributed by atoms with Crippen LogP contribution in [0.3, 0.4) is 0 Å². The predicted molar refractivity (Wildman–Crippen MR) is 71.4 cm³/mol. The van der Waals surface area contributed by atoms with Gasteiger partial charge in [-0.3, -0.25) is 4.79 Å². The molecule has 0 radical (unpaired) electrons. The number of nitrogens with two attached hydrogens (primary N) is 1. The molecule has 0 aliphatic carbocycles. The highest BCUT2D eigenvalue weighted by Gasteiger charge is 2.22. The molecule has 4 heteroatoms.